The molecule has 0 bridgehead atoms. The van der Waals surface area contributed by atoms with Crippen LogP contribution in [0.3, 0.4) is 0 Å². The minimum absolute atomic E-state index is 0.149. The van der Waals surface area contributed by atoms with Crippen LogP contribution in [0, 0.1) is 5.92 Å². The molecule has 0 aliphatic heterocycles. The summed E-state index contributed by atoms with van der Waals surface area (Å²) in [6, 6.07) is 16.7. The SMILES string of the molecule is CSCNCC(=O)N[C@@H](CSCC1CCCCC1)C(=O)NCc1ccc(Oc2ccccc2)cc1. The number of amides is 2. The molecule has 0 spiro atoms. The topological polar surface area (TPSA) is 79.5 Å². The van der Waals surface area contributed by atoms with Crippen LogP contribution in [0.1, 0.15) is 37.7 Å². The second kappa shape index (κ2) is 15.8. The molecule has 190 valence electrons. The first-order valence-electron chi connectivity index (χ1n) is 12.3. The van der Waals surface area contributed by atoms with Crippen molar-refractivity contribution in [2.75, 3.05) is 30.2 Å². The van der Waals surface area contributed by atoms with Gasteiger partial charge in [-0.2, -0.15) is 11.8 Å². The fourth-order valence-electron chi connectivity index (χ4n) is 4.01. The molecule has 1 atom stereocenters. The van der Waals surface area contributed by atoms with E-state index in [1.807, 2.05) is 60.9 Å². The average Bonchev–Trinajstić information content (AvgIpc) is 2.89. The van der Waals surface area contributed by atoms with Gasteiger partial charge in [0.05, 0.1) is 6.54 Å². The first kappa shape index (κ1) is 27.4. The first-order valence-corrected chi connectivity index (χ1v) is 14.8. The van der Waals surface area contributed by atoms with Gasteiger partial charge in [-0.05, 0) is 60.6 Å². The lowest BCUT2D eigenvalue weighted by atomic mass is 9.91. The van der Waals surface area contributed by atoms with E-state index in [-0.39, 0.29) is 18.4 Å². The van der Waals surface area contributed by atoms with Crippen molar-refractivity contribution in [1.29, 1.82) is 0 Å². The Morgan fingerprint density at radius 2 is 1.71 bits per heavy atom. The molecule has 2 amide bonds. The summed E-state index contributed by atoms with van der Waals surface area (Å²) in [4.78, 5) is 25.4. The van der Waals surface area contributed by atoms with Gasteiger partial charge in [-0.15, -0.1) is 11.8 Å². The molecule has 0 heterocycles. The second-order valence-electron chi connectivity index (χ2n) is 8.80. The van der Waals surface area contributed by atoms with Crippen LogP contribution >= 0.6 is 23.5 Å². The van der Waals surface area contributed by atoms with Gasteiger partial charge >= 0.3 is 0 Å². The third-order valence-corrected chi connectivity index (χ3v) is 7.68. The van der Waals surface area contributed by atoms with Crippen LogP contribution in [0.15, 0.2) is 54.6 Å². The molecule has 3 N–H and O–H groups in total. The predicted molar refractivity (Wildman–Crippen MR) is 147 cm³/mol. The molecule has 2 aromatic rings. The van der Waals surface area contributed by atoms with E-state index in [4.69, 9.17) is 4.74 Å². The number of ether oxygens (including phenoxy) is 1. The highest BCUT2D eigenvalue weighted by molar-refractivity contribution is 7.99. The minimum atomic E-state index is -0.548. The van der Waals surface area contributed by atoms with E-state index in [0.717, 1.165) is 28.7 Å². The molecule has 1 aliphatic rings. The van der Waals surface area contributed by atoms with Crippen molar-refractivity contribution in [2.45, 2.75) is 44.7 Å². The largest absolute Gasteiger partial charge is 0.457 e. The molecule has 3 rings (SSSR count). The highest BCUT2D eigenvalue weighted by Gasteiger charge is 2.22. The number of hydrogen-bond acceptors (Lipinski definition) is 6. The highest BCUT2D eigenvalue weighted by atomic mass is 32.2. The van der Waals surface area contributed by atoms with Gasteiger partial charge in [0.2, 0.25) is 11.8 Å². The molecule has 1 aliphatic carbocycles. The van der Waals surface area contributed by atoms with Crippen molar-refractivity contribution in [3.05, 3.63) is 60.2 Å². The Morgan fingerprint density at radius 1 is 1.00 bits per heavy atom. The summed E-state index contributed by atoms with van der Waals surface area (Å²) in [6.07, 6.45) is 8.48. The summed E-state index contributed by atoms with van der Waals surface area (Å²) in [7, 11) is 0. The molecule has 35 heavy (non-hydrogen) atoms. The third-order valence-electron chi connectivity index (χ3n) is 5.92. The lowest BCUT2D eigenvalue weighted by Crippen LogP contribution is -2.50. The van der Waals surface area contributed by atoms with Crippen molar-refractivity contribution in [2.24, 2.45) is 5.92 Å². The number of carbonyl (C=O) groups excluding carboxylic acids is 2. The Labute approximate surface area is 217 Å². The first-order chi connectivity index (χ1) is 17.1. The number of benzene rings is 2. The van der Waals surface area contributed by atoms with Crippen molar-refractivity contribution < 1.29 is 14.3 Å². The van der Waals surface area contributed by atoms with Gasteiger partial charge in [-0.3, -0.25) is 14.9 Å². The molecule has 1 saturated carbocycles. The van der Waals surface area contributed by atoms with Crippen LogP contribution < -0.4 is 20.7 Å². The smallest absolute Gasteiger partial charge is 0.243 e. The molecule has 0 aromatic heterocycles. The Morgan fingerprint density at radius 3 is 2.43 bits per heavy atom. The maximum absolute atomic E-state index is 13.0. The summed E-state index contributed by atoms with van der Waals surface area (Å²) < 4.78 is 5.83. The summed E-state index contributed by atoms with van der Waals surface area (Å²) in [5.74, 6) is 4.29. The zero-order valence-corrected chi connectivity index (χ0v) is 22.1. The van der Waals surface area contributed by atoms with Gasteiger partial charge < -0.3 is 15.4 Å². The van der Waals surface area contributed by atoms with Crippen LogP contribution in [0.5, 0.6) is 11.5 Å². The molecule has 1 fully saturated rings. The normalized spacial score (nSPS) is 14.8. The Bertz CT molecular complexity index is 890. The molecule has 0 saturated heterocycles. The quantitative estimate of drug-likeness (QED) is 0.248. The fraction of sp³-hybridized carbons (Fsp3) is 0.481. The predicted octanol–water partition coefficient (Wildman–Crippen LogP) is 4.80. The van der Waals surface area contributed by atoms with Gasteiger partial charge in [-0.25, -0.2) is 0 Å². The number of nitrogens with one attached hydrogen (secondary N) is 3. The van der Waals surface area contributed by atoms with E-state index in [9.17, 15) is 9.59 Å². The maximum Gasteiger partial charge on any atom is 0.243 e. The number of rotatable bonds is 14. The fourth-order valence-corrected chi connectivity index (χ4v) is 5.59. The van der Waals surface area contributed by atoms with Gasteiger partial charge in [-0.1, -0.05) is 49.6 Å². The zero-order valence-electron chi connectivity index (χ0n) is 20.5. The Hall–Kier alpha value is -2.16. The summed E-state index contributed by atoms with van der Waals surface area (Å²) in [5, 5.41) is 8.99. The summed E-state index contributed by atoms with van der Waals surface area (Å²) >= 11 is 3.40. The molecular formula is C27H37N3O3S2. The van der Waals surface area contributed by atoms with Gasteiger partial charge in [0.15, 0.2) is 0 Å². The molecule has 2 aromatic carbocycles. The molecular weight excluding hydrogens is 478 g/mol. The van der Waals surface area contributed by atoms with Gasteiger partial charge in [0.25, 0.3) is 0 Å². The van der Waals surface area contributed by atoms with Crippen LogP contribution in [-0.4, -0.2) is 48.0 Å². The highest BCUT2D eigenvalue weighted by Crippen LogP contribution is 2.27. The molecule has 6 nitrogen and oxygen atoms in total. The Balaban J connectivity index is 1.49. The van der Waals surface area contributed by atoms with E-state index in [0.29, 0.717) is 18.2 Å². The maximum atomic E-state index is 13.0. The van der Waals surface area contributed by atoms with Crippen LogP contribution in [-0.2, 0) is 16.1 Å². The minimum Gasteiger partial charge on any atom is -0.457 e. The van der Waals surface area contributed by atoms with Crippen molar-refractivity contribution >= 4 is 35.3 Å². The monoisotopic (exact) mass is 515 g/mol. The number of para-hydroxylation sites is 1. The van der Waals surface area contributed by atoms with Crippen LogP contribution in [0.4, 0.5) is 0 Å². The molecule has 8 heteroatoms. The Kier molecular flexibility index (Phi) is 12.3. The average molecular weight is 516 g/mol. The van der Waals surface area contributed by atoms with E-state index < -0.39 is 6.04 Å². The van der Waals surface area contributed by atoms with E-state index >= 15 is 0 Å². The van der Waals surface area contributed by atoms with Gasteiger partial charge in [0, 0.05) is 18.2 Å². The van der Waals surface area contributed by atoms with Crippen LogP contribution in [0.2, 0.25) is 0 Å². The third kappa shape index (κ3) is 10.5. The number of thioether (sulfide) groups is 2. The molecule has 0 radical (unpaired) electrons. The lowest BCUT2D eigenvalue weighted by molar-refractivity contribution is -0.128. The standard InChI is InChI=1S/C27H37N3O3S2/c1-34-20-28-17-26(31)30-25(19-35-18-22-8-4-2-5-9-22)27(32)29-16-21-12-14-24(15-13-21)33-23-10-6-3-7-11-23/h3,6-7,10-15,22,25,28H,2,4-5,8-9,16-20H2,1H3,(H,29,32)(H,30,31)/t25-/m0/s1. The summed E-state index contributed by atoms with van der Waals surface area (Å²) in [6.45, 7) is 0.607. The van der Waals surface area contributed by atoms with E-state index in [2.05, 4.69) is 16.0 Å². The second-order valence-corrected chi connectivity index (χ2v) is 10.7. The van der Waals surface area contributed by atoms with E-state index in [1.165, 1.54) is 32.1 Å². The van der Waals surface area contributed by atoms with Crippen molar-refractivity contribution in [1.82, 2.24) is 16.0 Å². The van der Waals surface area contributed by atoms with Gasteiger partial charge in [0.1, 0.15) is 17.5 Å². The lowest BCUT2D eigenvalue weighted by Gasteiger charge is -2.23. The van der Waals surface area contributed by atoms with E-state index in [1.54, 1.807) is 23.5 Å². The zero-order chi connectivity index (χ0) is 24.7. The van der Waals surface area contributed by atoms with Crippen molar-refractivity contribution in [3.63, 3.8) is 0 Å². The van der Waals surface area contributed by atoms with Crippen molar-refractivity contribution in [3.8, 4) is 11.5 Å². The van der Waals surface area contributed by atoms with Crippen LogP contribution in [0.25, 0.3) is 0 Å². The molecule has 0 unspecified atom stereocenters. The summed E-state index contributed by atoms with van der Waals surface area (Å²) in [5.41, 5.74) is 0.973. The number of hydrogen-bond donors (Lipinski definition) is 3. The number of carbonyl (C=O) groups is 2.